The van der Waals surface area contributed by atoms with E-state index in [4.69, 9.17) is 0 Å². The van der Waals surface area contributed by atoms with Gasteiger partial charge in [0.1, 0.15) is 0 Å². The molecule has 37 valence electrons. The van der Waals surface area contributed by atoms with Crippen LogP contribution in [0.5, 0.6) is 0 Å². The molecule has 0 bridgehead atoms. The summed E-state index contributed by atoms with van der Waals surface area (Å²) in [7, 11) is 0. The molecule has 0 fully saturated rings. The fraction of sp³-hybridized carbons (Fsp3) is 0.250. The van der Waals surface area contributed by atoms with Crippen LogP contribution in [0.1, 0.15) is 0 Å². The van der Waals surface area contributed by atoms with Crippen LogP contribution in [-0.4, -0.2) is 6.54 Å². The number of hydrogen-bond donors (Lipinski definition) is 0. The monoisotopic (exact) mass is 98.0 g/mol. The summed E-state index contributed by atoms with van der Waals surface area (Å²) in [5.41, 5.74) is 0. The summed E-state index contributed by atoms with van der Waals surface area (Å²) in [6.07, 6.45) is 1.42. The second-order valence-corrected chi connectivity index (χ2v) is 0.854. The summed E-state index contributed by atoms with van der Waals surface area (Å²) in [6, 6.07) is 0. The van der Waals surface area contributed by atoms with Crippen LogP contribution in [0.4, 0.5) is 0 Å². The van der Waals surface area contributed by atoms with Crippen LogP contribution in [0.3, 0.4) is 0 Å². The third kappa shape index (κ3) is 5.08. The summed E-state index contributed by atoms with van der Waals surface area (Å²) in [5, 5.41) is 12.8. The van der Waals surface area contributed by atoms with Crippen molar-refractivity contribution in [1.82, 2.24) is 0 Å². The molecule has 0 saturated heterocycles. The van der Waals surface area contributed by atoms with Crippen molar-refractivity contribution >= 4 is 0 Å². The van der Waals surface area contributed by atoms with Gasteiger partial charge in [-0.15, -0.1) is 0 Å². The first-order valence-electron chi connectivity index (χ1n) is 1.66. The molecule has 0 aromatic carbocycles. The van der Waals surface area contributed by atoms with Gasteiger partial charge in [-0.05, 0) is 0 Å². The molecule has 0 rings (SSSR count). The normalized spacial score (nSPS) is 6.71. The van der Waals surface area contributed by atoms with Gasteiger partial charge in [-0.1, -0.05) is 0 Å². The first-order valence-corrected chi connectivity index (χ1v) is 1.66. The Morgan fingerprint density at radius 2 is 2.57 bits per heavy atom. The van der Waals surface area contributed by atoms with Gasteiger partial charge in [0.25, 0.3) is 0 Å². The third-order valence-electron chi connectivity index (χ3n) is 0.320. The van der Waals surface area contributed by atoms with E-state index in [-0.39, 0.29) is 6.54 Å². The van der Waals surface area contributed by atoms with E-state index in [9.17, 15) is 9.76 Å². The Morgan fingerprint density at radius 3 is 2.71 bits per heavy atom. The fourth-order valence-corrected chi connectivity index (χ4v) is 0.120. The second-order valence-electron chi connectivity index (χ2n) is 0.854. The van der Waals surface area contributed by atoms with Crippen LogP contribution < -0.4 is 0 Å². The molecular weight excluding hydrogens is 94.0 g/mol. The Morgan fingerprint density at radius 1 is 2.00 bits per heavy atom. The van der Waals surface area contributed by atoms with Gasteiger partial charge in [-0.25, -0.2) is 0 Å². The SMILES string of the molecule is C=C([O])[N-]CC#[O+]. The molecule has 0 heterocycles. The maximum atomic E-state index is 9.75. The Labute approximate surface area is 41.4 Å². The zero-order valence-corrected chi connectivity index (χ0v) is 3.68. The first-order chi connectivity index (χ1) is 3.27. The molecule has 0 saturated carbocycles. The van der Waals surface area contributed by atoms with Gasteiger partial charge in [0.05, 0.1) is 0 Å². The van der Waals surface area contributed by atoms with Gasteiger partial charge in [0, 0.05) is 0 Å². The summed E-state index contributed by atoms with van der Waals surface area (Å²) in [4.78, 5) is 0. The van der Waals surface area contributed by atoms with Crippen LogP contribution >= 0.6 is 0 Å². The quantitative estimate of drug-likeness (QED) is 0.359. The molecule has 0 spiro atoms. The number of nitrogens with zero attached hydrogens (tertiary/aromatic N) is 1. The molecule has 0 aliphatic heterocycles. The van der Waals surface area contributed by atoms with E-state index in [1.54, 1.807) is 0 Å². The van der Waals surface area contributed by atoms with E-state index in [0.29, 0.717) is 0 Å². The molecule has 0 aromatic heterocycles. The van der Waals surface area contributed by atoms with Crippen LogP contribution in [-0.2, 0) is 9.76 Å². The Kier molecular flexibility index (Phi) is 2.85. The van der Waals surface area contributed by atoms with Crippen molar-refractivity contribution in [2.45, 2.75) is 0 Å². The first kappa shape index (κ1) is 6.08. The second kappa shape index (κ2) is 3.28. The number of rotatable bonds is 2. The third-order valence-corrected chi connectivity index (χ3v) is 0.320. The van der Waals surface area contributed by atoms with Crippen LogP contribution in [0.25, 0.3) is 5.32 Å². The van der Waals surface area contributed by atoms with Gasteiger partial charge in [-0.3, -0.25) is 0 Å². The van der Waals surface area contributed by atoms with E-state index < -0.39 is 5.88 Å². The van der Waals surface area contributed by atoms with Crippen molar-refractivity contribution in [3.8, 4) is 6.15 Å². The zero-order chi connectivity index (χ0) is 5.70. The minimum atomic E-state index is -0.580. The molecule has 3 heteroatoms. The van der Waals surface area contributed by atoms with E-state index in [2.05, 4.69) is 11.9 Å². The Balaban J connectivity index is 3.02. The van der Waals surface area contributed by atoms with Gasteiger partial charge in [0.2, 0.25) is 0 Å². The zero-order valence-electron chi connectivity index (χ0n) is 3.68. The number of hydrogen-bond acceptors (Lipinski definition) is 0. The van der Waals surface area contributed by atoms with Crippen LogP contribution in [0.2, 0.25) is 0 Å². The molecule has 0 aliphatic carbocycles. The average Bonchev–Trinajstić information content (AvgIpc) is 1.61. The van der Waals surface area contributed by atoms with Crippen molar-refractivity contribution in [2.24, 2.45) is 0 Å². The summed E-state index contributed by atoms with van der Waals surface area (Å²) < 4.78 is 9.31. The van der Waals surface area contributed by atoms with Crippen molar-refractivity contribution < 1.29 is 9.76 Å². The Bertz CT molecular complexity index is 103. The molecule has 3 nitrogen and oxygen atoms in total. The summed E-state index contributed by atoms with van der Waals surface area (Å²) in [6.45, 7) is 2.70. The van der Waals surface area contributed by atoms with E-state index in [1.807, 2.05) is 0 Å². The molecule has 0 unspecified atom stereocenters. The standard InChI is InChI=1S/C4H4NO2/c1-4(7)5-2-3-6/h1-2H2. The Hall–Kier alpha value is -0.920. The van der Waals surface area contributed by atoms with E-state index >= 15 is 0 Å². The fourth-order valence-electron chi connectivity index (χ4n) is 0.120. The van der Waals surface area contributed by atoms with Gasteiger partial charge in [-0.2, -0.15) is 0 Å². The maximum absolute atomic E-state index is 9.75. The molecule has 0 amide bonds. The molecule has 1 radical (unpaired) electrons. The van der Waals surface area contributed by atoms with Crippen molar-refractivity contribution in [2.75, 3.05) is 6.54 Å². The topological polar surface area (TPSA) is 53.9 Å². The summed E-state index contributed by atoms with van der Waals surface area (Å²) in [5.74, 6) is -0.580. The molecule has 0 N–H and O–H groups in total. The van der Waals surface area contributed by atoms with E-state index in [1.165, 1.54) is 6.15 Å². The van der Waals surface area contributed by atoms with Crippen molar-refractivity contribution in [1.29, 1.82) is 0 Å². The molecular formula is C4H4NO2. The van der Waals surface area contributed by atoms with Crippen LogP contribution in [0.15, 0.2) is 12.5 Å². The van der Waals surface area contributed by atoms with E-state index in [0.717, 1.165) is 0 Å². The van der Waals surface area contributed by atoms with Gasteiger partial charge >= 0.3 is 40.2 Å². The summed E-state index contributed by atoms with van der Waals surface area (Å²) >= 11 is 0. The van der Waals surface area contributed by atoms with Gasteiger partial charge in [0.15, 0.2) is 0 Å². The molecule has 0 atom stereocenters. The predicted molar refractivity (Wildman–Crippen MR) is 22.6 cm³/mol. The molecule has 7 heavy (non-hydrogen) atoms. The van der Waals surface area contributed by atoms with Crippen LogP contribution in [0, 0.1) is 6.15 Å². The van der Waals surface area contributed by atoms with Crippen molar-refractivity contribution in [3.63, 3.8) is 0 Å². The average molecular weight is 98.1 g/mol. The minimum absolute atomic E-state index is 0.192. The predicted octanol–water partition coefficient (Wildman–Crippen LogP) is 0.651. The molecule has 0 aliphatic rings. The van der Waals surface area contributed by atoms with Crippen molar-refractivity contribution in [3.05, 3.63) is 17.8 Å². The molecule has 0 aromatic rings. The van der Waals surface area contributed by atoms with Gasteiger partial charge < -0.3 is 0 Å².